The summed E-state index contributed by atoms with van der Waals surface area (Å²) in [4.78, 5) is 4.33. The van der Waals surface area contributed by atoms with Gasteiger partial charge in [-0.2, -0.15) is 0 Å². The monoisotopic (exact) mass is 299 g/mol. The molecule has 0 saturated carbocycles. The summed E-state index contributed by atoms with van der Waals surface area (Å²) in [6.07, 6.45) is 0. The van der Waals surface area contributed by atoms with E-state index in [4.69, 9.17) is 9.84 Å². The largest absolute Gasteiger partial charge is 0.497 e. The van der Waals surface area contributed by atoms with Crippen LogP contribution in [0.2, 0.25) is 0 Å². The number of hydrogen-bond acceptors (Lipinski definition) is 4. The van der Waals surface area contributed by atoms with Crippen molar-refractivity contribution in [3.8, 4) is 16.3 Å². The molecule has 1 N–H and O–H groups in total. The average molecular weight is 300 g/mol. The Morgan fingerprint density at radius 3 is 2.56 bits per heavy atom. The third kappa shape index (κ3) is 2.26. The zero-order valence-corrected chi connectivity index (χ0v) is 11.0. The number of rotatable bonds is 3. The molecular formula is C11H10BrNO2S. The second kappa shape index (κ2) is 4.95. The van der Waals surface area contributed by atoms with Gasteiger partial charge in [-0.15, -0.1) is 11.3 Å². The van der Waals surface area contributed by atoms with Gasteiger partial charge in [-0.3, -0.25) is 0 Å². The molecule has 0 unspecified atom stereocenters. The molecular weight excluding hydrogens is 290 g/mol. The first-order chi connectivity index (χ1) is 7.74. The van der Waals surface area contributed by atoms with Gasteiger partial charge in [-0.05, 0) is 40.2 Å². The maximum Gasteiger partial charge on any atom is 0.124 e. The normalized spacial score (nSPS) is 10.4. The van der Waals surface area contributed by atoms with Gasteiger partial charge in [-0.1, -0.05) is 0 Å². The fourth-order valence-electron chi connectivity index (χ4n) is 1.29. The van der Waals surface area contributed by atoms with Gasteiger partial charge >= 0.3 is 0 Å². The highest BCUT2D eigenvalue weighted by Gasteiger charge is 2.09. The number of aromatic nitrogens is 1. The Hall–Kier alpha value is -0.910. The topological polar surface area (TPSA) is 42.4 Å². The molecule has 0 radical (unpaired) electrons. The van der Waals surface area contributed by atoms with Crippen molar-refractivity contribution in [3.05, 3.63) is 33.7 Å². The van der Waals surface area contributed by atoms with Gasteiger partial charge in [0, 0.05) is 5.56 Å². The minimum atomic E-state index is -0.0484. The van der Waals surface area contributed by atoms with E-state index in [-0.39, 0.29) is 6.61 Å². The van der Waals surface area contributed by atoms with Crippen molar-refractivity contribution in [2.45, 2.75) is 6.61 Å². The Morgan fingerprint density at radius 2 is 2.06 bits per heavy atom. The molecule has 1 aromatic carbocycles. The lowest BCUT2D eigenvalue weighted by Gasteiger charge is -1.99. The molecule has 0 amide bonds. The summed E-state index contributed by atoms with van der Waals surface area (Å²) in [5, 5.41) is 9.94. The number of thiazole rings is 1. The van der Waals surface area contributed by atoms with Crippen molar-refractivity contribution in [1.29, 1.82) is 0 Å². The lowest BCUT2D eigenvalue weighted by atomic mass is 10.2. The fraction of sp³-hybridized carbons (Fsp3) is 0.182. The van der Waals surface area contributed by atoms with Gasteiger partial charge in [0.15, 0.2) is 0 Å². The summed E-state index contributed by atoms with van der Waals surface area (Å²) in [5.41, 5.74) is 1.70. The van der Waals surface area contributed by atoms with E-state index >= 15 is 0 Å². The molecule has 3 nitrogen and oxygen atoms in total. The van der Waals surface area contributed by atoms with E-state index in [1.54, 1.807) is 7.11 Å². The number of hydrogen-bond donors (Lipinski definition) is 1. The van der Waals surface area contributed by atoms with Crippen LogP contribution in [-0.4, -0.2) is 17.2 Å². The second-order valence-electron chi connectivity index (χ2n) is 3.13. The number of ether oxygens (including phenoxy) is 1. The van der Waals surface area contributed by atoms with Gasteiger partial charge in [0.05, 0.1) is 23.2 Å². The molecule has 0 atom stereocenters. The molecule has 0 bridgehead atoms. The van der Waals surface area contributed by atoms with E-state index in [2.05, 4.69) is 20.9 Å². The van der Waals surface area contributed by atoms with E-state index in [0.29, 0.717) is 5.69 Å². The molecule has 2 rings (SSSR count). The minimum absolute atomic E-state index is 0.0484. The van der Waals surface area contributed by atoms with Crippen LogP contribution in [0.15, 0.2) is 28.1 Å². The predicted octanol–water partition coefficient (Wildman–Crippen LogP) is 3.07. The minimum Gasteiger partial charge on any atom is -0.497 e. The third-order valence-electron chi connectivity index (χ3n) is 2.14. The van der Waals surface area contributed by atoms with E-state index in [0.717, 1.165) is 20.1 Å². The van der Waals surface area contributed by atoms with Crippen molar-refractivity contribution in [3.63, 3.8) is 0 Å². The number of nitrogens with zero attached hydrogens (tertiary/aromatic N) is 1. The number of aliphatic hydroxyl groups is 1. The highest BCUT2D eigenvalue weighted by atomic mass is 79.9. The average Bonchev–Trinajstić information content (AvgIpc) is 2.71. The molecule has 16 heavy (non-hydrogen) atoms. The van der Waals surface area contributed by atoms with Gasteiger partial charge < -0.3 is 9.84 Å². The van der Waals surface area contributed by atoms with Crippen LogP contribution >= 0.6 is 27.3 Å². The molecule has 2 aromatic rings. The van der Waals surface area contributed by atoms with Crippen LogP contribution in [0.4, 0.5) is 0 Å². The molecule has 0 fully saturated rings. The maximum absolute atomic E-state index is 9.06. The van der Waals surface area contributed by atoms with Gasteiger partial charge in [-0.25, -0.2) is 4.98 Å². The summed E-state index contributed by atoms with van der Waals surface area (Å²) in [6.45, 7) is -0.0484. The molecule has 84 valence electrons. The quantitative estimate of drug-likeness (QED) is 0.947. The highest BCUT2D eigenvalue weighted by Crippen LogP contribution is 2.32. The molecule has 0 spiro atoms. The molecule has 0 aliphatic rings. The van der Waals surface area contributed by atoms with Crippen molar-refractivity contribution in [2.75, 3.05) is 7.11 Å². The molecule has 5 heteroatoms. The summed E-state index contributed by atoms with van der Waals surface area (Å²) in [7, 11) is 1.64. The van der Waals surface area contributed by atoms with Gasteiger partial charge in [0.1, 0.15) is 10.8 Å². The molecule has 1 heterocycles. The van der Waals surface area contributed by atoms with Crippen LogP contribution < -0.4 is 4.74 Å². The first-order valence-electron chi connectivity index (χ1n) is 4.65. The summed E-state index contributed by atoms with van der Waals surface area (Å²) in [5.74, 6) is 0.821. The Kier molecular flexibility index (Phi) is 3.58. The Labute approximate surface area is 106 Å². The van der Waals surface area contributed by atoms with E-state index in [1.807, 2.05) is 24.3 Å². The van der Waals surface area contributed by atoms with Gasteiger partial charge in [0.25, 0.3) is 0 Å². The maximum atomic E-state index is 9.06. The van der Waals surface area contributed by atoms with Gasteiger partial charge in [0.2, 0.25) is 0 Å². The zero-order chi connectivity index (χ0) is 11.5. The number of aliphatic hydroxyl groups excluding tert-OH is 1. The lowest BCUT2D eigenvalue weighted by molar-refractivity contribution is 0.277. The first-order valence-corrected chi connectivity index (χ1v) is 6.26. The van der Waals surface area contributed by atoms with Crippen LogP contribution in [-0.2, 0) is 6.61 Å². The Bertz CT molecular complexity index is 481. The molecule has 0 aliphatic carbocycles. The standard InChI is InChI=1S/C11H10BrNO2S/c1-15-8-4-2-7(3-5-8)11-13-9(6-14)10(12)16-11/h2-5,14H,6H2,1H3. The molecule has 1 aromatic heterocycles. The van der Waals surface area contributed by atoms with Crippen LogP contribution in [0.3, 0.4) is 0 Å². The fourth-order valence-corrected chi connectivity index (χ4v) is 2.77. The Morgan fingerprint density at radius 1 is 1.38 bits per heavy atom. The zero-order valence-electron chi connectivity index (χ0n) is 8.61. The summed E-state index contributed by atoms with van der Waals surface area (Å²) < 4.78 is 5.96. The first kappa shape index (κ1) is 11.6. The van der Waals surface area contributed by atoms with Crippen molar-refractivity contribution >= 4 is 27.3 Å². The van der Waals surface area contributed by atoms with E-state index in [1.165, 1.54) is 11.3 Å². The molecule has 0 saturated heterocycles. The molecule has 0 aliphatic heterocycles. The lowest BCUT2D eigenvalue weighted by Crippen LogP contribution is -1.85. The predicted molar refractivity (Wildman–Crippen MR) is 67.7 cm³/mol. The highest BCUT2D eigenvalue weighted by molar-refractivity contribution is 9.11. The van der Waals surface area contributed by atoms with Crippen molar-refractivity contribution in [2.24, 2.45) is 0 Å². The van der Waals surface area contributed by atoms with Crippen LogP contribution in [0.5, 0.6) is 5.75 Å². The third-order valence-corrected chi connectivity index (χ3v) is 4.01. The van der Waals surface area contributed by atoms with E-state index in [9.17, 15) is 0 Å². The Balaban J connectivity index is 2.34. The van der Waals surface area contributed by atoms with Crippen LogP contribution in [0, 0.1) is 0 Å². The van der Waals surface area contributed by atoms with Crippen molar-refractivity contribution in [1.82, 2.24) is 4.98 Å². The second-order valence-corrected chi connectivity index (χ2v) is 5.44. The van der Waals surface area contributed by atoms with Crippen molar-refractivity contribution < 1.29 is 9.84 Å². The SMILES string of the molecule is COc1ccc(-c2nc(CO)c(Br)s2)cc1. The summed E-state index contributed by atoms with van der Waals surface area (Å²) >= 11 is 4.88. The number of benzene rings is 1. The van der Waals surface area contributed by atoms with E-state index < -0.39 is 0 Å². The number of methoxy groups -OCH3 is 1. The number of halogens is 1. The summed E-state index contributed by atoms with van der Waals surface area (Å²) in [6, 6.07) is 7.68. The smallest absolute Gasteiger partial charge is 0.124 e. The van der Waals surface area contributed by atoms with Crippen LogP contribution in [0.1, 0.15) is 5.69 Å². The van der Waals surface area contributed by atoms with Crippen LogP contribution in [0.25, 0.3) is 10.6 Å².